The van der Waals surface area contributed by atoms with Gasteiger partial charge in [0.25, 0.3) is 0 Å². The maximum absolute atomic E-state index is 12.4. The third kappa shape index (κ3) is 18.2. The fourth-order valence-corrected chi connectivity index (χ4v) is 8.47. The number of hydrogen-bond acceptors (Lipinski definition) is 11. The first kappa shape index (κ1) is 52.1. The summed E-state index contributed by atoms with van der Waals surface area (Å²) in [6.45, 7) is 17.6. The van der Waals surface area contributed by atoms with Gasteiger partial charge in [-0.15, -0.1) is 12.4 Å². The number of piperidine rings is 2. The molecule has 4 heterocycles. The number of ether oxygens (including phenoxy) is 6. The Hall–Kier alpha value is -2.23. The highest BCUT2D eigenvalue weighted by Gasteiger charge is 2.37. The van der Waals surface area contributed by atoms with Crippen LogP contribution in [0.4, 0.5) is 4.79 Å². The normalized spacial score (nSPS) is 23.2. The molecule has 4 fully saturated rings. The second kappa shape index (κ2) is 27.1. The monoisotopic (exact) mass is 900 g/mol. The van der Waals surface area contributed by atoms with Gasteiger partial charge in [0.05, 0.1) is 45.2 Å². The van der Waals surface area contributed by atoms with Crippen LogP contribution in [-0.2, 0) is 46.1 Å². The Bertz CT molecular complexity index is 1510. The predicted octanol–water partition coefficient (Wildman–Crippen LogP) is 7.34. The van der Waals surface area contributed by atoms with Crippen molar-refractivity contribution in [1.29, 1.82) is 0 Å². The van der Waals surface area contributed by atoms with Gasteiger partial charge >= 0.3 is 12.1 Å². The van der Waals surface area contributed by atoms with Crippen LogP contribution in [0.15, 0.2) is 48.5 Å². The lowest BCUT2D eigenvalue weighted by atomic mass is 9.96. The van der Waals surface area contributed by atoms with E-state index in [9.17, 15) is 9.59 Å². The van der Waals surface area contributed by atoms with Crippen molar-refractivity contribution in [2.75, 3.05) is 86.5 Å². The number of amides is 1. The van der Waals surface area contributed by atoms with Crippen molar-refractivity contribution in [3.8, 4) is 0 Å². The Morgan fingerprint density at radius 3 is 1.55 bits per heavy atom. The van der Waals surface area contributed by atoms with Crippen LogP contribution in [0.5, 0.6) is 0 Å². The van der Waals surface area contributed by atoms with Gasteiger partial charge < -0.3 is 38.6 Å². The molecule has 0 spiro atoms. The highest BCUT2D eigenvalue weighted by Crippen LogP contribution is 2.27. The summed E-state index contributed by atoms with van der Waals surface area (Å²) >= 11 is 12.0. The van der Waals surface area contributed by atoms with Crippen LogP contribution in [0, 0.1) is 0 Å². The molecule has 15 heteroatoms. The number of hydrogen-bond donors (Lipinski definition) is 1. The molecule has 0 saturated carbocycles. The number of nitrogens with zero attached hydrogens (tertiary/aromatic N) is 3. The molecule has 0 bridgehead atoms. The molecule has 1 amide bonds. The zero-order valence-electron chi connectivity index (χ0n) is 36.9. The Labute approximate surface area is 375 Å². The molecule has 12 nitrogen and oxygen atoms in total. The van der Waals surface area contributed by atoms with Crippen molar-refractivity contribution in [1.82, 2.24) is 20.0 Å². The van der Waals surface area contributed by atoms with Gasteiger partial charge in [0.15, 0.2) is 0 Å². The average Bonchev–Trinajstić information content (AvgIpc) is 3.21. The minimum Gasteiger partial charge on any atom is -0.466 e. The van der Waals surface area contributed by atoms with Gasteiger partial charge in [-0.25, -0.2) is 4.79 Å². The van der Waals surface area contributed by atoms with Gasteiger partial charge in [-0.3, -0.25) is 14.6 Å². The summed E-state index contributed by atoms with van der Waals surface area (Å²) in [5.41, 5.74) is 2.12. The lowest BCUT2D eigenvalue weighted by Crippen LogP contribution is -2.58. The molecule has 4 aliphatic rings. The Balaban J connectivity index is 0.000000284. The van der Waals surface area contributed by atoms with E-state index in [1.54, 1.807) is 21.1 Å². The standard InChI is InChI=1S/C23H35ClN2O4.C18H27ClN2O2.C4H8O2.ClH/c1-23(2,3)30-22(27)25-11-9-19(10-12-25)26-14-21(16-28-4)29-15-20(26)13-17-5-7-18(24)8-6-17;1-22-13-18-11-21(16-6-8-20-9-7-16)17(12-23-18)10-14-2-4-15(19)5-3-14;1-3-6-4(2)5;/h5-8,19-21H,9-16H2,1-4H3;2-5,16-18,20H,6-13H2,1H3;3H2,1-2H3;1H/t20?,21-;17?,18-;;/m11../s1. The first-order valence-electron chi connectivity index (χ1n) is 21.3. The quantitative estimate of drug-likeness (QED) is 0.229. The van der Waals surface area contributed by atoms with Gasteiger partial charge in [-0.2, -0.15) is 0 Å². The summed E-state index contributed by atoms with van der Waals surface area (Å²) in [5, 5.41) is 5.01. The zero-order chi connectivity index (χ0) is 42.8. The number of rotatable bonds is 11. The number of nitrogens with one attached hydrogen (secondary N) is 1. The lowest BCUT2D eigenvalue weighted by molar-refractivity contribution is -0.140. The molecule has 2 aromatic carbocycles. The predicted molar refractivity (Wildman–Crippen MR) is 241 cm³/mol. The number of benzene rings is 2. The van der Waals surface area contributed by atoms with Crippen molar-refractivity contribution in [3.05, 3.63) is 69.7 Å². The van der Waals surface area contributed by atoms with Crippen molar-refractivity contribution < 1.29 is 38.0 Å². The van der Waals surface area contributed by atoms with E-state index in [4.69, 9.17) is 46.9 Å². The van der Waals surface area contributed by atoms with Gasteiger partial charge in [-0.05, 0) is 115 Å². The molecule has 4 saturated heterocycles. The van der Waals surface area contributed by atoms with E-state index in [1.165, 1.54) is 30.9 Å². The molecule has 0 aliphatic carbocycles. The van der Waals surface area contributed by atoms with Gasteiger partial charge in [0.2, 0.25) is 0 Å². The van der Waals surface area contributed by atoms with Crippen LogP contribution in [0.25, 0.3) is 0 Å². The third-order valence-electron chi connectivity index (χ3n) is 11.0. The van der Waals surface area contributed by atoms with Gasteiger partial charge in [-0.1, -0.05) is 47.5 Å². The van der Waals surface area contributed by atoms with Gasteiger partial charge in [0, 0.05) is 81.5 Å². The third-order valence-corrected chi connectivity index (χ3v) is 11.5. The van der Waals surface area contributed by atoms with Crippen LogP contribution in [0.3, 0.4) is 0 Å². The lowest BCUT2D eigenvalue weighted by Gasteiger charge is -2.46. The number of halogens is 3. The molecule has 340 valence electrons. The summed E-state index contributed by atoms with van der Waals surface area (Å²) in [6, 6.07) is 18.1. The molecule has 0 aromatic heterocycles. The fraction of sp³-hybridized carbons (Fsp3) is 0.689. The second-order valence-corrected chi connectivity index (χ2v) is 17.7. The van der Waals surface area contributed by atoms with Crippen LogP contribution in [-0.4, -0.2) is 155 Å². The Morgan fingerprint density at radius 1 is 0.750 bits per heavy atom. The summed E-state index contributed by atoms with van der Waals surface area (Å²) in [7, 11) is 3.46. The Morgan fingerprint density at radius 2 is 1.18 bits per heavy atom. The zero-order valence-corrected chi connectivity index (χ0v) is 39.2. The maximum atomic E-state index is 12.4. The Kier molecular flexibility index (Phi) is 23.5. The fourth-order valence-electron chi connectivity index (χ4n) is 8.21. The van der Waals surface area contributed by atoms with Crippen LogP contribution < -0.4 is 5.32 Å². The van der Waals surface area contributed by atoms with Gasteiger partial charge in [0.1, 0.15) is 5.60 Å². The maximum Gasteiger partial charge on any atom is 0.410 e. The molecule has 4 aliphatic heterocycles. The summed E-state index contributed by atoms with van der Waals surface area (Å²) in [5.74, 6) is -0.211. The first-order valence-corrected chi connectivity index (χ1v) is 22.1. The van der Waals surface area contributed by atoms with Crippen molar-refractivity contribution in [2.24, 2.45) is 0 Å². The molecular formula is C45H71Cl3N4O8. The average molecular weight is 902 g/mol. The van der Waals surface area contributed by atoms with E-state index in [0.717, 1.165) is 81.6 Å². The largest absolute Gasteiger partial charge is 0.466 e. The topological polar surface area (TPSA) is 111 Å². The smallest absolute Gasteiger partial charge is 0.410 e. The molecule has 2 unspecified atom stereocenters. The second-order valence-electron chi connectivity index (χ2n) is 16.8. The SMILES string of the molecule is CCOC(C)=O.COC[C@H]1CN(C2CCN(C(=O)OC(C)(C)C)CC2)C(Cc2ccc(Cl)cc2)CO1.COC[C@H]1CN(C2CCNCC2)C(Cc2ccc(Cl)cc2)CO1.Cl. The van der Waals surface area contributed by atoms with Crippen LogP contribution in [0.1, 0.15) is 71.4 Å². The molecular weight excluding hydrogens is 831 g/mol. The molecule has 60 heavy (non-hydrogen) atoms. The van der Waals surface area contributed by atoms with E-state index in [-0.39, 0.29) is 36.7 Å². The van der Waals surface area contributed by atoms with Crippen LogP contribution >= 0.6 is 35.6 Å². The number of carbonyl (C=O) groups excluding carboxylic acids is 2. The van der Waals surface area contributed by atoms with E-state index in [0.29, 0.717) is 50.6 Å². The van der Waals surface area contributed by atoms with E-state index in [1.807, 2.05) is 49.9 Å². The van der Waals surface area contributed by atoms with Crippen molar-refractivity contribution >= 4 is 47.7 Å². The minimum absolute atomic E-state index is 0. The molecule has 4 atom stereocenters. The van der Waals surface area contributed by atoms with Crippen LogP contribution in [0.2, 0.25) is 10.0 Å². The van der Waals surface area contributed by atoms with E-state index in [2.05, 4.69) is 44.1 Å². The molecule has 6 rings (SSSR count). The summed E-state index contributed by atoms with van der Waals surface area (Å²) in [6.07, 6.45) is 6.32. The number of methoxy groups -OCH3 is 2. The molecule has 2 aromatic rings. The summed E-state index contributed by atoms with van der Waals surface area (Å²) < 4.78 is 32.7. The highest BCUT2D eigenvalue weighted by molar-refractivity contribution is 6.30. The minimum atomic E-state index is -0.463. The first-order chi connectivity index (χ1) is 28.3. The highest BCUT2D eigenvalue weighted by atomic mass is 35.5. The number of morpholine rings is 2. The molecule has 1 N–H and O–H groups in total. The van der Waals surface area contributed by atoms with Crippen molar-refractivity contribution in [2.45, 2.75) is 115 Å². The van der Waals surface area contributed by atoms with E-state index >= 15 is 0 Å². The van der Waals surface area contributed by atoms with Crippen molar-refractivity contribution in [3.63, 3.8) is 0 Å². The van der Waals surface area contributed by atoms with E-state index < -0.39 is 5.60 Å². The number of carbonyl (C=O) groups is 2. The number of likely N-dealkylation sites (tertiary alicyclic amines) is 1. The number of esters is 1. The summed E-state index contributed by atoms with van der Waals surface area (Å²) in [4.78, 5) is 29.3. The molecule has 0 radical (unpaired) electrons.